The average Bonchev–Trinajstić information content (AvgIpc) is 2.10. The Balaban J connectivity index is 2.93. The molecule has 0 unspecified atom stereocenters. The summed E-state index contributed by atoms with van der Waals surface area (Å²) in [5.74, 6) is 0. The molecule has 0 aliphatic carbocycles. The molecule has 2 heteroatoms. The second-order valence-corrected chi connectivity index (χ2v) is 3.01. The lowest BCUT2D eigenvalue weighted by Gasteiger charge is -1.92. The van der Waals surface area contributed by atoms with Gasteiger partial charge in [0.1, 0.15) is 0 Å². The largest absolute Gasteiger partial charge is 0.194 e. The molecule has 2 nitrogen and oxygen atoms in total. The fraction of sp³-hybridized carbons (Fsp3) is 0.900. The molecule has 0 aromatic heterocycles. The van der Waals surface area contributed by atoms with Gasteiger partial charge in [0, 0.05) is 0 Å². The van der Waals surface area contributed by atoms with Crippen LogP contribution in [0.3, 0.4) is 0 Å². The van der Waals surface area contributed by atoms with E-state index in [1.807, 2.05) is 6.54 Å². The third kappa shape index (κ3) is 9.60. The van der Waals surface area contributed by atoms with Crippen LogP contribution in [0.2, 0.25) is 0 Å². The second-order valence-electron chi connectivity index (χ2n) is 3.01. The van der Waals surface area contributed by atoms with Crippen molar-refractivity contribution in [2.24, 2.45) is 10.2 Å². The summed E-state index contributed by atoms with van der Waals surface area (Å²) < 4.78 is 0. The van der Waals surface area contributed by atoms with Crippen LogP contribution in [0.15, 0.2) is 10.2 Å². The minimum atomic E-state index is 0.899. The maximum Gasteiger partial charge on any atom is 0.0949 e. The first-order valence-electron chi connectivity index (χ1n) is 5.10. The van der Waals surface area contributed by atoms with Crippen molar-refractivity contribution in [2.45, 2.75) is 52.4 Å². The Kier molecular flexibility index (Phi) is 10.2. The lowest BCUT2D eigenvalue weighted by atomic mass is 10.2. The summed E-state index contributed by atoms with van der Waals surface area (Å²) >= 11 is 0. The number of rotatable bonds is 8. The van der Waals surface area contributed by atoms with Crippen LogP contribution in [0.4, 0.5) is 0 Å². The predicted octanol–water partition coefficient (Wildman–Crippen LogP) is 3.98. The first-order valence-corrected chi connectivity index (χ1v) is 5.10. The number of nitrogens with zero attached hydrogens (tertiary/aromatic N) is 2. The zero-order chi connectivity index (χ0) is 9.07. The first-order chi connectivity index (χ1) is 5.91. The van der Waals surface area contributed by atoms with Crippen LogP contribution in [0.1, 0.15) is 52.4 Å². The van der Waals surface area contributed by atoms with Crippen molar-refractivity contribution in [2.75, 3.05) is 6.54 Å². The molecule has 0 N–H and O–H groups in total. The van der Waals surface area contributed by atoms with Gasteiger partial charge in [-0.15, -0.1) is 0 Å². The van der Waals surface area contributed by atoms with Gasteiger partial charge >= 0.3 is 0 Å². The summed E-state index contributed by atoms with van der Waals surface area (Å²) in [6.07, 6.45) is 7.26. The predicted molar refractivity (Wildman–Crippen MR) is 53.1 cm³/mol. The quantitative estimate of drug-likeness (QED) is 0.388. The van der Waals surface area contributed by atoms with Gasteiger partial charge in [0.05, 0.1) is 13.1 Å². The van der Waals surface area contributed by atoms with Gasteiger partial charge in [-0.25, -0.2) is 0 Å². The van der Waals surface area contributed by atoms with Crippen LogP contribution in [-0.4, -0.2) is 6.54 Å². The third-order valence-electron chi connectivity index (χ3n) is 1.71. The maximum absolute atomic E-state index is 4.05. The summed E-state index contributed by atoms with van der Waals surface area (Å²) in [7, 11) is 0. The Morgan fingerprint density at radius 2 is 1.75 bits per heavy atom. The van der Waals surface area contributed by atoms with E-state index < -0.39 is 0 Å². The summed E-state index contributed by atoms with van der Waals surface area (Å²) in [5.41, 5.74) is 0. The van der Waals surface area contributed by atoms with Crippen LogP contribution in [0.25, 0.3) is 0 Å². The SMILES string of the molecule is CCCC[CH]/N=N/CCCCC. The van der Waals surface area contributed by atoms with Gasteiger partial charge in [-0.1, -0.05) is 39.5 Å². The standard InChI is InChI=1S/C10H21N2/c1-3-5-7-9-11-12-10-8-6-4-2/h9H,3-8,10H2,1-2H3/b12-11+. The lowest BCUT2D eigenvalue weighted by Crippen LogP contribution is -1.79. The van der Waals surface area contributed by atoms with E-state index in [9.17, 15) is 0 Å². The Morgan fingerprint density at radius 3 is 2.42 bits per heavy atom. The molecular formula is C10H21N2. The molecule has 0 aliphatic heterocycles. The van der Waals surface area contributed by atoms with E-state index in [0.29, 0.717) is 0 Å². The molecule has 0 aliphatic rings. The summed E-state index contributed by atoms with van der Waals surface area (Å²) in [6.45, 7) is 7.21. The monoisotopic (exact) mass is 169 g/mol. The molecule has 12 heavy (non-hydrogen) atoms. The normalized spacial score (nSPS) is 11.2. The van der Waals surface area contributed by atoms with Gasteiger partial charge in [0.15, 0.2) is 0 Å². The van der Waals surface area contributed by atoms with E-state index >= 15 is 0 Å². The van der Waals surface area contributed by atoms with Crippen LogP contribution in [0, 0.1) is 6.54 Å². The van der Waals surface area contributed by atoms with Crippen molar-refractivity contribution in [3.05, 3.63) is 6.54 Å². The van der Waals surface area contributed by atoms with Crippen molar-refractivity contribution in [3.63, 3.8) is 0 Å². The molecule has 0 aromatic rings. The summed E-state index contributed by atoms with van der Waals surface area (Å²) in [6, 6.07) is 0. The van der Waals surface area contributed by atoms with Crippen LogP contribution < -0.4 is 0 Å². The highest BCUT2D eigenvalue weighted by molar-refractivity contribution is 4.57. The molecule has 0 fully saturated rings. The van der Waals surface area contributed by atoms with E-state index in [1.54, 1.807) is 0 Å². The van der Waals surface area contributed by atoms with Crippen LogP contribution in [-0.2, 0) is 0 Å². The molecule has 71 valence electrons. The minimum Gasteiger partial charge on any atom is -0.194 e. The lowest BCUT2D eigenvalue weighted by molar-refractivity contribution is 0.698. The minimum absolute atomic E-state index is 0.899. The van der Waals surface area contributed by atoms with E-state index in [1.165, 1.54) is 32.1 Å². The number of unbranched alkanes of at least 4 members (excludes halogenated alkanes) is 4. The van der Waals surface area contributed by atoms with Gasteiger partial charge < -0.3 is 0 Å². The first kappa shape index (κ1) is 11.6. The summed E-state index contributed by atoms with van der Waals surface area (Å²) in [5, 5.41) is 8.03. The van der Waals surface area contributed by atoms with Crippen molar-refractivity contribution in [1.82, 2.24) is 0 Å². The topological polar surface area (TPSA) is 24.7 Å². The number of hydrogen-bond donors (Lipinski definition) is 0. The molecule has 0 saturated carbocycles. The van der Waals surface area contributed by atoms with E-state index in [-0.39, 0.29) is 0 Å². The average molecular weight is 169 g/mol. The van der Waals surface area contributed by atoms with Crippen LogP contribution in [0.5, 0.6) is 0 Å². The molecule has 0 rings (SSSR count). The zero-order valence-electron chi connectivity index (χ0n) is 8.42. The molecule has 0 aromatic carbocycles. The van der Waals surface area contributed by atoms with E-state index in [2.05, 4.69) is 24.1 Å². The number of azo groups is 1. The molecule has 0 heterocycles. The molecule has 0 amide bonds. The van der Waals surface area contributed by atoms with E-state index in [4.69, 9.17) is 0 Å². The van der Waals surface area contributed by atoms with E-state index in [0.717, 1.165) is 13.0 Å². The molecule has 0 bridgehead atoms. The highest BCUT2D eigenvalue weighted by Gasteiger charge is 1.84. The van der Waals surface area contributed by atoms with Crippen molar-refractivity contribution in [1.29, 1.82) is 0 Å². The van der Waals surface area contributed by atoms with Gasteiger partial charge in [0.25, 0.3) is 0 Å². The highest BCUT2D eigenvalue weighted by atomic mass is 15.1. The number of hydrogen-bond acceptors (Lipinski definition) is 2. The molecule has 1 radical (unpaired) electrons. The second kappa shape index (κ2) is 10.6. The molecule has 0 saturated heterocycles. The maximum atomic E-state index is 4.05. The van der Waals surface area contributed by atoms with Crippen LogP contribution >= 0.6 is 0 Å². The Morgan fingerprint density at radius 1 is 1.00 bits per heavy atom. The third-order valence-corrected chi connectivity index (χ3v) is 1.71. The summed E-state index contributed by atoms with van der Waals surface area (Å²) in [4.78, 5) is 0. The van der Waals surface area contributed by atoms with Gasteiger partial charge in [-0.05, 0) is 12.8 Å². The van der Waals surface area contributed by atoms with Gasteiger partial charge in [-0.2, -0.15) is 10.2 Å². The Bertz CT molecular complexity index is 88.0. The van der Waals surface area contributed by atoms with Crippen molar-refractivity contribution < 1.29 is 0 Å². The van der Waals surface area contributed by atoms with Gasteiger partial charge in [-0.3, -0.25) is 0 Å². The zero-order valence-corrected chi connectivity index (χ0v) is 8.42. The molecular weight excluding hydrogens is 148 g/mol. The molecule has 0 atom stereocenters. The Hall–Kier alpha value is -0.400. The van der Waals surface area contributed by atoms with Crippen molar-refractivity contribution >= 4 is 0 Å². The smallest absolute Gasteiger partial charge is 0.0949 e. The van der Waals surface area contributed by atoms with Gasteiger partial charge in [0.2, 0.25) is 0 Å². The fourth-order valence-corrected chi connectivity index (χ4v) is 0.901. The fourth-order valence-electron chi connectivity index (χ4n) is 0.901. The molecule has 0 spiro atoms. The van der Waals surface area contributed by atoms with Crippen molar-refractivity contribution in [3.8, 4) is 0 Å². The Labute approximate surface area is 76.5 Å². The highest BCUT2D eigenvalue weighted by Crippen LogP contribution is 1.99.